The number of nitrogens with one attached hydrogen (secondary N) is 1. The first-order chi connectivity index (χ1) is 8.33. The molecule has 0 spiro atoms. The Labute approximate surface area is 102 Å². The van der Waals surface area contributed by atoms with Crippen LogP contribution in [0, 0.1) is 5.92 Å². The van der Waals surface area contributed by atoms with Gasteiger partial charge in [0.05, 0.1) is 12.5 Å². The van der Waals surface area contributed by atoms with Crippen molar-refractivity contribution in [1.29, 1.82) is 0 Å². The molecule has 2 rings (SSSR count). The molecule has 1 heterocycles. The van der Waals surface area contributed by atoms with Crippen LogP contribution in [0.15, 0.2) is 30.3 Å². The highest BCUT2D eigenvalue weighted by molar-refractivity contribution is 5.74. The number of carbonyl (C=O) groups is 1. The van der Waals surface area contributed by atoms with Crippen molar-refractivity contribution in [3.05, 3.63) is 35.9 Å². The molecular weight excluding hydrogens is 214 g/mol. The van der Waals surface area contributed by atoms with Gasteiger partial charge in [-0.1, -0.05) is 30.3 Å². The lowest BCUT2D eigenvalue weighted by Crippen LogP contribution is -2.40. The minimum absolute atomic E-state index is 0.0499. The Balaban J connectivity index is 2.15. The quantitative estimate of drug-likeness (QED) is 0.811. The molecule has 1 aromatic rings. The van der Waals surface area contributed by atoms with Crippen LogP contribution in [0.4, 0.5) is 0 Å². The summed E-state index contributed by atoms with van der Waals surface area (Å²) in [5.41, 5.74) is 1.24. The van der Waals surface area contributed by atoms with E-state index in [1.165, 1.54) is 5.56 Å². The number of rotatable bonds is 3. The van der Waals surface area contributed by atoms with E-state index in [4.69, 9.17) is 4.74 Å². The topological polar surface area (TPSA) is 38.3 Å². The van der Waals surface area contributed by atoms with Crippen LogP contribution >= 0.6 is 0 Å². The molecule has 17 heavy (non-hydrogen) atoms. The fourth-order valence-electron chi connectivity index (χ4n) is 2.45. The van der Waals surface area contributed by atoms with Crippen LogP contribution in [0.3, 0.4) is 0 Å². The van der Waals surface area contributed by atoms with E-state index in [2.05, 4.69) is 17.4 Å². The zero-order chi connectivity index (χ0) is 12.1. The van der Waals surface area contributed by atoms with Crippen molar-refractivity contribution >= 4 is 5.97 Å². The zero-order valence-corrected chi connectivity index (χ0v) is 10.2. The van der Waals surface area contributed by atoms with Gasteiger partial charge in [0.15, 0.2) is 0 Å². The summed E-state index contributed by atoms with van der Waals surface area (Å²) in [5, 5.41) is 3.27. The predicted molar refractivity (Wildman–Crippen MR) is 66.8 cm³/mol. The molecular formula is C14H19NO2. The van der Waals surface area contributed by atoms with Crippen molar-refractivity contribution < 1.29 is 9.53 Å². The zero-order valence-electron chi connectivity index (χ0n) is 10.2. The van der Waals surface area contributed by atoms with Crippen LogP contribution in [-0.2, 0) is 9.53 Å². The van der Waals surface area contributed by atoms with Crippen LogP contribution < -0.4 is 5.32 Å². The van der Waals surface area contributed by atoms with E-state index in [0.717, 1.165) is 19.5 Å². The summed E-state index contributed by atoms with van der Waals surface area (Å²) in [6, 6.07) is 10.3. The summed E-state index contributed by atoms with van der Waals surface area (Å²) in [6.45, 7) is 4.00. The first-order valence-corrected chi connectivity index (χ1v) is 6.25. The van der Waals surface area contributed by atoms with Crippen molar-refractivity contribution in [2.75, 3.05) is 19.7 Å². The lowest BCUT2D eigenvalue weighted by Gasteiger charge is -2.30. The third-order valence-corrected chi connectivity index (χ3v) is 3.30. The third kappa shape index (κ3) is 2.86. The molecule has 0 unspecified atom stereocenters. The second-order valence-corrected chi connectivity index (χ2v) is 4.37. The Bertz CT molecular complexity index is 364. The van der Waals surface area contributed by atoms with Crippen LogP contribution in [0.2, 0.25) is 0 Å². The normalized spacial score (nSPS) is 24.3. The molecule has 1 N–H and O–H groups in total. The van der Waals surface area contributed by atoms with E-state index in [1.807, 2.05) is 25.1 Å². The largest absolute Gasteiger partial charge is 0.466 e. The van der Waals surface area contributed by atoms with Crippen LogP contribution in [0.1, 0.15) is 24.8 Å². The van der Waals surface area contributed by atoms with Crippen molar-refractivity contribution in [2.45, 2.75) is 19.3 Å². The van der Waals surface area contributed by atoms with Gasteiger partial charge in [-0.25, -0.2) is 0 Å². The number of benzene rings is 1. The lowest BCUT2D eigenvalue weighted by molar-refractivity contribution is -0.149. The average molecular weight is 233 g/mol. The summed E-state index contributed by atoms with van der Waals surface area (Å²) in [4.78, 5) is 11.9. The van der Waals surface area contributed by atoms with Gasteiger partial charge < -0.3 is 10.1 Å². The van der Waals surface area contributed by atoms with E-state index < -0.39 is 0 Å². The number of hydrogen-bond donors (Lipinski definition) is 1. The number of hydrogen-bond acceptors (Lipinski definition) is 3. The van der Waals surface area contributed by atoms with Gasteiger partial charge in [0.1, 0.15) is 0 Å². The summed E-state index contributed by atoms with van der Waals surface area (Å²) in [6.07, 6.45) is 0.994. The number of piperidine rings is 1. The Kier molecular flexibility index (Phi) is 4.15. The molecule has 1 aliphatic heterocycles. The maximum atomic E-state index is 11.9. The molecule has 3 heteroatoms. The Morgan fingerprint density at radius 3 is 2.88 bits per heavy atom. The summed E-state index contributed by atoms with van der Waals surface area (Å²) in [7, 11) is 0. The van der Waals surface area contributed by atoms with E-state index >= 15 is 0 Å². The van der Waals surface area contributed by atoms with Crippen LogP contribution in [-0.4, -0.2) is 25.7 Å². The first-order valence-electron chi connectivity index (χ1n) is 6.25. The first kappa shape index (κ1) is 12.1. The van der Waals surface area contributed by atoms with Crippen molar-refractivity contribution in [2.24, 2.45) is 5.92 Å². The maximum Gasteiger partial charge on any atom is 0.310 e. The smallest absolute Gasteiger partial charge is 0.310 e. The molecule has 1 aromatic carbocycles. The number of ether oxygens (including phenoxy) is 1. The van der Waals surface area contributed by atoms with E-state index in [-0.39, 0.29) is 17.8 Å². The minimum Gasteiger partial charge on any atom is -0.466 e. The fourth-order valence-corrected chi connectivity index (χ4v) is 2.45. The van der Waals surface area contributed by atoms with Gasteiger partial charge in [-0.2, -0.15) is 0 Å². The fraction of sp³-hybridized carbons (Fsp3) is 0.500. The number of carbonyl (C=O) groups excluding carboxylic acids is 1. The average Bonchev–Trinajstić information content (AvgIpc) is 2.40. The molecule has 92 valence electrons. The van der Waals surface area contributed by atoms with Crippen LogP contribution in [0.5, 0.6) is 0 Å². The SMILES string of the molecule is CCOC(=O)[C@H]1CNCC[C@@H]1c1ccccc1. The molecule has 0 saturated carbocycles. The highest BCUT2D eigenvalue weighted by Crippen LogP contribution is 2.30. The maximum absolute atomic E-state index is 11.9. The van der Waals surface area contributed by atoms with Gasteiger partial charge in [0.25, 0.3) is 0 Å². The van der Waals surface area contributed by atoms with Gasteiger partial charge in [-0.3, -0.25) is 4.79 Å². The van der Waals surface area contributed by atoms with E-state index in [1.54, 1.807) is 0 Å². The Morgan fingerprint density at radius 1 is 1.41 bits per heavy atom. The predicted octanol–water partition coefficient (Wildman–Crippen LogP) is 1.94. The van der Waals surface area contributed by atoms with E-state index in [9.17, 15) is 4.79 Å². The van der Waals surface area contributed by atoms with Gasteiger partial charge in [0.2, 0.25) is 0 Å². The molecule has 0 radical (unpaired) electrons. The van der Waals surface area contributed by atoms with Crippen molar-refractivity contribution in [3.63, 3.8) is 0 Å². The molecule has 0 aliphatic carbocycles. The number of esters is 1. The Hall–Kier alpha value is -1.35. The summed E-state index contributed by atoms with van der Waals surface area (Å²) >= 11 is 0. The highest BCUT2D eigenvalue weighted by Gasteiger charge is 2.32. The van der Waals surface area contributed by atoms with Crippen LogP contribution in [0.25, 0.3) is 0 Å². The molecule has 1 aliphatic rings. The standard InChI is InChI=1S/C14H19NO2/c1-2-17-14(16)13-10-15-9-8-12(13)11-6-4-3-5-7-11/h3-7,12-13,15H,2,8-10H2,1H3/t12-,13+/m1/s1. The summed E-state index contributed by atoms with van der Waals surface area (Å²) < 4.78 is 5.15. The van der Waals surface area contributed by atoms with Crippen molar-refractivity contribution in [1.82, 2.24) is 5.32 Å². The highest BCUT2D eigenvalue weighted by atomic mass is 16.5. The second-order valence-electron chi connectivity index (χ2n) is 4.37. The molecule has 2 atom stereocenters. The molecule has 1 saturated heterocycles. The van der Waals surface area contributed by atoms with E-state index in [0.29, 0.717) is 6.61 Å². The molecule has 0 amide bonds. The minimum atomic E-state index is -0.0754. The van der Waals surface area contributed by atoms with Gasteiger partial charge in [-0.15, -0.1) is 0 Å². The second kappa shape index (κ2) is 5.82. The molecule has 0 bridgehead atoms. The molecule has 1 fully saturated rings. The monoisotopic (exact) mass is 233 g/mol. The summed E-state index contributed by atoms with van der Waals surface area (Å²) in [5.74, 6) is 0.163. The van der Waals surface area contributed by atoms with Gasteiger partial charge in [0, 0.05) is 6.54 Å². The molecule has 0 aromatic heterocycles. The third-order valence-electron chi connectivity index (χ3n) is 3.30. The Morgan fingerprint density at radius 2 is 2.18 bits per heavy atom. The molecule has 3 nitrogen and oxygen atoms in total. The lowest BCUT2D eigenvalue weighted by atomic mass is 9.81. The van der Waals surface area contributed by atoms with Gasteiger partial charge in [-0.05, 0) is 31.4 Å². The van der Waals surface area contributed by atoms with Crippen molar-refractivity contribution in [3.8, 4) is 0 Å². The van der Waals surface area contributed by atoms with Gasteiger partial charge >= 0.3 is 5.97 Å².